The van der Waals surface area contributed by atoms with Crippen molar-refractivity contribution in [1.82, 2.24) is 9.80 Å². The first kappa shape index (κ1) is 26.9. The first-order valence-electron chi connectivity index (χ1n) is 11.6. The zero-order valence-electron chi connectivity index (χ0n) is 20.0. The summed E-state index contributed by atoms with van der Waals surface area (Å²) in [4.78, 5) is 51.1. The summed E-state index contributed by atoms with van der Waals surface area (Å²) in [5, 5.41) is 10.4. The number of carbonyl (C=O) groups is 3. The van der Waals surface area contributed by atoms with Gasteiger partial charge in [0.05, 0.1) is 20.0 Å². The van der Waals surface area contributed by atoms with Crippen LogP contribution in [-0.2, 0) is 16.2 Å². The van der Waals surface area contributed by atoms with Crippen molar-refractivity contribution in [2.45, 2.75) is 26.4 Å². The topological polar surface area (TPSA) is 119 Å². The predicted octanol–water partition coefficient (Wildman–Crippen LogP) is 4.84. The smallest absolute Gasteiger partial charge is 0.294 e. The third-order valence-electron chi connectivity index (χ3n) is 5.79. The van der Waals surface area contributed by atoms with Gasteiger partial charge in [-0.1, -0.05) is 0 Å². The Morgan fingerprint density at radius 2 is 1.86 bits per heavy atom. The van der Waals surface area contributed by atoms with E-state index in [1.807, 2.05) is 6.92 Å². The van der Waals surface area contributed by atoms with Gasteiger partial charge < -0.3 is 14.4 Å². The molecule has 0 aliphatic carbocycles. The molecule has 10 nitrogen and oxygen atoms in total. The van der Waals surface area contributed by atoms with Gasteiger partial charge in [0.15, 0.2) is 11.5 Å². The van der Waals surface area contributed by atoms with Crippen LogP contribution in [0, 0.1) is 13.7 Å². The third-order valence-corrected chi connectivity index (χ3v) is 7.49. The molecule has 0 unspecified atom stereocenters. The monoisotopic (exact) mass is 637 g/mol. The second-order valence-corrected chi connectivity index (χ2v) is 10.5. The summed E-state index contributed by atoms with van der Waals surface area (Å²) in [5.74, 6) is 0.256. The van der Waals surface area contributed by atoms with E-state index in [-0.39, 0.29) is 29.7 Å². The van der Waals surface area contributed by atoms with Crippen molar-refractivity contribution in [3.8, 4) is 11.5 Å². The highest BCUT2D eigenvalue weighted by atomic mass is 127. The number of likely N-dealkylation sites (tertiary alicyclic amines) is 1. The van der Waals surface area contributed by atoms with Crippen molar-refractivity contribution < 1.29 is 28.8 Å². The van der Waals surface area contributed by atoms with Crippen molar-refractivity contribution in [1.29, 1.82) is 0 Å². The highest BCUT2D eigenvalue weighted by molar-refractivity contribution is 14.1. The molecule has 2 aromatic rings. The van der Waals surface area contributed by atoms with Crippen LogP contribution in [-0.4, -0.2) is 58.0 Å². The molecule has 4 rings (SSSR count). The maximum atomic E-state index is 12.9. The van der Waals surface area contributed by atoms with Crippen LogP contribution < -0.4 is 9.47 Å². The van der Waals surface area contributed by atoms with Crippen molar-refractivity contribution >= 4 is 63.2 Å². The van der Waals surface area contributed by atoms with E-state index in [0.717, 1.165) is 38.6 Å². The van der Waals surface area contributed by atoms with Gasteiger partial charge in [0.25, 0.3) is 16.8 Å². The average molecular weight is 637 g/mol. The molecule has 12 heteroatoms. The zero-order valence-corrected chi connectivity index (χ0v) is 23.0. The number of imide groups is 1. The Kier molecular flexibility index (Phi) is 8.69. The van der Waals surface area contributed by atoms with Crippen LogP contribution in [0.5, 0.6) is 11.5 Å². The standard InChI is InChI=1S/C25H24IN3O7S/c1-2-35-20-12-17(11-19(26)23(20)36-15-16-5-7-18(8-6-16)29(33)34)13-21-24(31)28(25(32)37-21)14-22(30)27-9-3-4-10-27/h5-8,11-13H,2-4,9-10,14-15H2,1H3/b21-13+. The van der Waals surface area contributed by atoms with Crippen LogP contribution >= 0.6 is 34.4 Å². The molecule has 0 saturated carbocycles. The number of carbonyl (C=O) groups excluding carboxylic acids is 3. The lowest BCUT2D eigenvalue weighted by Crippen LogP contribution is -2.40. The largest absolute Gasteiger partial charge is 0.490 e. The molecule has 0 bridgehead atoms. The van der Waals surface area contributed by atoms with Gasteiger partial charge in [-0.25, -0.2) is 0 Å². The van der Waals surface area contributed by atoms with Crippen LogP contribution in [0.4, 0.5) is 10.5 Å². The zero-order chi connectivity index (χ0) is 26.5. The van der Waals surface area contributed by atoms with E-state index in [4.69, 9.17) is 9.47 Å². The molecule has 194 valence electrons. The Morgan fingerprint density at radius 1 is 1.16 bits per heavy atom. The molecule has 2 aliphatic rings. The van der Waals surface area contributed by atoms with Crippen LogP contribution in [0.15, 0.2) is 41.3 Å². The predicted molar refractivity (Wildman–Crippen MR) is 146 cm³/mol. The molecule has 2 aromatic carbocycles. The van der Waals surface area contributed by atoms with Gasteiger partial charge >= 0.3 is 0 Å². The van der Waals surface area contributed by atoms with Gasteiger partial charge in [-0.15, -0.1) is 0 Å². The Morgan fingerprint density at radius 3 is 2.51 bits per heavy atom. The fraction of sp³-hybridized carbons (Fsp3) is 0.320. The maximum Gasteiger partial charge on any atom is 0.294 e. The second-order valence-electron chi connectivity index (χ2n) is 8.33. The first-order chi connectivity index (χ1) is 17.8. The molecule has 3 amide bonds. The summed E-state index contributed by atoms with van der Waals surface area (Å²) in [6, 6.07) is 9.62. The van der Waals surface area contributed by atoms with Gasteiger partial charge in [-0.05, 0) is 95.6 Å². The van der Waals surface area contributed by atoms with Gasteiger partial charge in [-0.3, -0.25) is 29.4 Å². The van der Waals surface area contributed by atoms with Crippen LogP contribution in [0.2, 0.25) is 0 Å². The summed E-state index contributed by atoms with van der Waals surface area (Å²) >= 11 is 2.91. The summed E-state index contributed by atoms with van der Waals surface area (Å²) < 4.78 is 12.5. The van der Waals surface area contributed by atoms with E-state index in [2.05, 4.69) is 22.6 Å². The molecule has 0 spiro atoms. The molecule has 37 heavy (non-hydrogen) atoms. The maximum absolute atomic E-state index is 12.9. The summed E-state index contributed by atoms with van der Waals surface area (Å²) in [5.41, 5.74) is 1.40. The van der Waals surface area contributed by atoms with Gasteiger partial charge in [0, 0.05) is 25.2 Å². The Hall–Kier alpha value is -3.13. The number of non-ortho nitro benzene ring substituents is 1. The van der Waals surface area contributed by atoms with E-state index >= 15 is 0 Å². The third kappa shape index (κ3) is 6.42. The molecule has 2 saturated heterocycles. The van der Waals surface area contributed by atoms with E-state index in [1.54, 1.807) is 35.2 Å². The fourth-order valence-electron chi connectivity index (χ4n) is 3.93. The van der Waals surface area contributed by atoms with Gasteiger partial charge in [0.2, 0.25) is 5.91 Å². The number of nitrogens with zero attached hydrogens (tertiary/aromatic N) is 3. The summed E-state index contributed by atoms with van der Waals surface area (Å²) in [7, 11) is 0. The molecule has 0 atom stereocenters. The lowest BCUT2D eigenvalue weighted by Gasteiger charge is -2.18. The Labute approximate surface area is 231 Å². The van der Waals surface area contributed by atoms with Crippen molar-refractivity contribution in [2.75, 3.05) is 26.2 Å². The van der Waals surface area contributed by atoms with Crippen molar-refractivity contribution in [2.24, 2.45) is 0 Å². The minimum Gasteiger partial charge on any atom is -0.490 e. The van der Waals surface area contributed by atoms with E-state index in [1.165, 1.54) is 12.1 Å². The highest BCUT2D eigenvalue weighted by Gasteiger charge is 2.37. The van der Waals surface area contributed by atoms with Crippen LogP contribution in [0.25, 0.3) is 6.08 Å². The molecule has 2 aliphatic heterocycles. The first-order valence-corrected chi connectivity index (χ1v) is 13.5. The summed E-state index contributed by atoms with van der Waals surface area (Å²) in [6.07, 6.45) is 3.47. The molecular formula is C25H24IN3O7S. The van der Waals surface area contributed by atoms with Crippen molar-refractivity contribution in [3.05, 3.63) is 66.1 Å². The van der Waals surface area contributed by atoms with Gasteiger partial charge in [0.1, 0.15) is 13.2 Å². The van der Waals surface area contributed by atoms with Crippen LogP contribution in [0.3, 0.4) is 0 Å². The average Bonchev–Trinajstić information content (AvgIpc) is 3.49. The number of thioether (sulfide) groups is 1. The molecule has 2 fully saturated rings. The number of rotatable bonds is 9. The lowest BCUT2D eigenvalue weighted by atomic mass is 10.1. The van der Waals surface area contributed by atoms with Gasteiger partial charge in [-0.2, -0.15) is 0 Å². The number of hydrogen-bond acceptors (Lipinski definition) is 8. The molecule has 0 radical (unpaired) electrons. The molecular weight excluding hydrogens is 613 g/mol. The van der Waals surface area contributed by atoms with E-state index < -0.39 is 16.1 Å². The number of nitro groups is 1. The highest BCUT2D eigenvalue weighted by Crippen LogP contribution is 2.38. The number of hydrogen-bond donors (Lipinski definition) is 0. The van der Waals surface area contributed by atoms with Crippen molar-refractivity contribution in [3.63, 3.8) is 0 Å². The lowest BCUT2D eigenvalue weighted by molar-refractivity contribution is -0.384. The fourth-order valence-corrected chi connectivity index (χ4v) is 5.55. The number of amides is 3. The van der Waals surface area contributed by atoms with Crippen LogP contribution in [0.1, 0.15) is 30.9 Å². The summed E-state index contributed by atoms with van der Waals surface area (Å²) in [6.45, 7) is 3.45. The Balaban J connectivity index is 1.50. The number of benzene rings is 2. The van der Waals surface area contributed by atoms with E-state index in [9.17, 15) is 24.5 Å². The van der Waals surface area contributed by atoms with E-state index in [0.29, 0.717) is 36.8 Å². The Bertz CT molecular complexity index is 1260. The minimum atomic E-state index is -0.492. The quantitative estimate of drug-likeness (QED) is 0.166. The molecule has 0 N–H and O–H groups in total. The second kappa shape index (κ2) is 11.9. The SMILES string of the molecule is CCOc1cc(/C=C2/SC(=O)N(CC(=O)N3CCCC3)C2=O)cc(I)c1OCc1ccc([N+](=O)[O-])cc1. The number of ether oxygens (including phenoxy) is 2. The molecule has 0 aromatic heterocycles. The minimum absolute atomic E-state index is 0.00233. The normalized spacial score (nSPS) is 16.5. The number of halogens is 1. The molecule has 2 heterocycles. The number of nitro benzene ring substituents is 1.